The van der Waals surface area contributed by atoms with Gasteiger partial charge in [-0.05, 0) is 33.0 Å². The standard InChI is InChI=1S/C5H11N.CH4O4S/c1-6-4-2-3-5-6;1-5-6(2,3)4/h2-5H2,1H3;1H3,(H,2,3,4). The number of likely N-dealkylation sites (tertiary alicyclic amines) is 1. The Balaban J connectivity index is 0.000000202. The van der Waals surface area contributed by atoms with Crippen LogP contribution >= 0.6 is 0 Å². The molecule has 0 aliphatic carbocycles. The highest BCUT2D eigenvalue weighted by Crippen LogP contribution is 2.02. The van der Waals surface area contributed by atoms with Crippen molar-refractivity contribution < 1.29 is 17.2 Å². The van der Waals surface area contributed by atoms with E-state index in [-0.39, 0.29) is 0 Å². The maximum Gasteiger partial charge on any atom is 0.397 e. The highest BCUT2D eigenvalue weighted by molar-refractivity contribution is 7.80. The lowest BCUT2D eigenvalue weighted by Gasteiger charge is -2.01. The average Bonchev–Trinajstić information content (AvgIpc) is 2.39. The third-order valence-electron chi connectivity index (χ3n) is 1.54. The molecule has 0 amide bonds. The van der Waals surface area contributed by atoms with Crippen LogP contribution in [0.3, 0.4) is 0 Å². The van der Waals surface area contributed by atoms with Gasteiger partial charge in [0.05, 0.1) is 7.11 Å². The Morgan fingerprint density at radius 3 is 1.75 bits per heavy atom. The maximum absolute atomic E-state index is 9.33. The van der Waals surface area contributed by atoms with Gasteiger partial charge in [-0.1, -0.05) is 0 Å². The fourth-order valence-corrected chi connectivity index (χ4v) is 0.875. The lowest BCUT2D eigenvalue weighted by Crippen LogP contribution is -2.10. The second-order valence-electron chi connectivity index (χ2n) is 2.60. The molecule has 1 N–H and O–H groups in total. The molecule has 6 heteroatoms. The van der Waals surface area contributed by atoms with E-state index in [1.54, 1.807) is 0 Å². The summed E-state index contributed by atoms with van der Waals surface area (Å²) in [5, 5.41) is 0. The van der Waals surface area contributed by atoms with Gasteiger partial charge in [0, 0.05) is 0 Å². The van der Waals surface area contributed by atoms with Crippen molar-refractivity contribution in [1.82, 2.24) is 4.90 Å². The van der Waals surface area contributed by atoms with Crippen molar-refractivity contribution in [3.63, 3.8) is 0 Å². The largest absolute Gasteiger partial charge is 0.397 e. The zero-order valence-corrected chi connectivity index (χ0v) is 8.17. The average molecular weight is 197 g/mol. The van der Waals surface area contributed by atoms with Crippen molar-refractivity contribution in [2.45, 2.75) is 12.8 Å². The van der Waals surface area contributed by atoms with E-state index in [0.29, 0.717) is 0 Å². The summed E-state index contributed by atoms with van der Waals surface area (Å²) in [7, 11) is -1.12. The van der Waals surface area contributed by atoms with E-state index in [1.165, 1.54) is 25.9 Å². The van der Waals surface area contributed by atoms with Crippen LogP contribution in [0.15, 0.2) is 0 Å². The van der Waals surface area contributed by atoms with Crippen molar-refractivity contribution >= 4 is 10.4 Å². The van der Waals surface area contributed by atoms with Gasteiger partial charge in [0.15, 0.2) is 0 Å². The van der Waals surface area contributed by atoms with E-state index in [9.17, 15) is 8.42 Å². The van der Waals surface area contributed by atoms with Gasteiger partial charge in [-0.15, -0.1) is 0 Å². The first kappa shape index (κ1) is 11.8. The van der Waals surface area contributed by atoms with Crippen molar-refractivity contribution in [3.8, 4) is 0 Å². The number of hydrogen-bond donors (Lipinski definition) is 1. The van der Waals surface area contributed by atoms with Crippen LogP contribution in [0.5, 0.6) is 0 Å². The fraction of sp³-hybridized carbons (Fsp3) is 1.00. The van der Waals surface area contributed by atoms with Crippen LogP contribution in [0.4, 0.5) is 0 Å². The summed E-state index contributed by atoms with van der Waals surface area (Å²) in [5.74, 6) is 0. The number of hydrogen-bond acceptors (Lipinski definition) is 4. The van der Waals surface area contributed by atoms with Gasteiger partial charge in [-0.3, -0.25) is 8.74 Å². The predicted octanol–water partition coefficient (Wildman–Crippen LogP) is 0.148. The van der Waals surface area contributed by atoms with Crippen LogP contribution in [-0.4, -0.2) is 45.1 Å². The van der Waals surface area contributed by atoms with Crippen molar-refractivity contribution in [2.24, 2.45) is 0 Å². The second-order valence-corrected chi connectivity index (χ2v) is 3.79. The monoisotopic (exact) mass is 197 g/mol. The molecular weight excluding hydrogens is 182 g/mol. The van der Waals surface area contributed by atoms with Crippen LogP contribution < -0.4 is 0 Å². The number of nitrogens with zero attached hydrogens (tertiary/aromatic N) is 1. The fourth-order valence-electron chi connectivity index (χ4n) is 0.875. The molecule has 1 aliphatic rings. The minimum Gasteiger partial charge on any atom is -0.306 e. The predicted molar refractivity (Wildman–Crippen MR) is 45.3 cm³/mol. The molecule has 0 aromatic heterocycles. The van der Waals surface area contributed by atoms with E-state index < -0.39 is 10.4 Å². The first-order valence-corrected chi connectivity index (χ1v) is 5.04. The first-order valence-electron chi connectivity index (χ1n) is 3.67. The summed E-state index contributed by atoms with van der Waals surface area (Å²) in [6, 6.07) is 0. The molecule has 0 bridgehead atoms. The molecule has 0 unspecified atom stereocenters. The minimum atomic E-state index is -4.16. The summed E-state index contributed by atoms with van der Waals surface area (Å²) in [4.78, 5) is 2.36. The van der Waals surface area contributed by atoms with Gasteiger partial charge in [0.1, 0.15) is 0 Å². The normalized spacial score (nSPS) is 18.6. The third-order valence-corrected chi connectivity index (χ3v) is 1.96. The zero-order valence-electron chi connectivity index (χ0n) is 7.36. The molecule has 1 rings (SSSR count). The smallest absolute Gasteiger partial charge is 0.306 e. The molecular formula is C6H15NO4S. The quantitative estimate of drug-likeness (QED) is 0.606. The summed E-state index contributed by atoms with van der Waals surface area (Å²) >= 11 is 0. The van der Waals surface area contributed by atoms with Gasteiger partial charge in [-0.2, -0.15) is 8.42 Å². The Kier molecular flexibility index (Phi) is 5.39. The van der Waals surface area contributed by atoms with E-state index in [0.717, 1.165) is 7.11 Å². The molecule has 0 aromatic rings. The molecule has 0 atom stereocenters. The molecule has 74 valence electrons. The highest BCUT2D eigenvalue weighted by Gasteiger charge is 2.03. The van der Waals surface area contributed by atoms with E-state index >= 15 is 0 Å². The summed E-state index contributed by atoms with van der Waals surface area (Å²) in [6.07, 6.45) is 2.83. The molecule has 0 aromatic carbocycles. The van der Waals surface area contributed by atoms with Crippen LogP contribution in [0.2, 0.25) is 0 Å². The minimum absolute atomic E-state index is 0.870. The molecule has 1 heterocycles. The molecule has 0 saturated carbocycles. The zero-order chi connectivity index (χ0) is 9.61. The Morgan fingerprint density at radius 2 is 1.67 bits per heavy atom. The number of rotatable bonds is 1. The Bertz CT molecular complexity index is 196. The van der Waals surface area contributed by atoms with E-state index in [1.807, 2.05) is 0 Å². The highest BCUT2D eigenvalue weighted by atomic mass is 32.3. The maximum atomic E-state index is 9.33. The Labute approximate surface area is 73.3 Å². The van der Waals surface area contributed by atoms with Crippen LogP contribution in [0.25, 0.3) is 0 Å². The van der Waals surface area contributed by atoms with Crippen LogP contribution in [0, 0.1) is 0 Å². The molecule has 1 fully saturated rings. The molecule has 1 aliphatic heterocycles. The SMILES string of the molecule is CN1CCCC1.COS(=O)(=O)O. The lowest BCUT2D eigenvalue weighted by atomic mass is 10.4. The lowest BCUT2D eigenvalue weighted by molar-refractivity contribution is 0.324. The van der Waals surface area contributed by atoms with E-state index in [4.69, 9.17) is 4.55 Å². The summed E-state index contributed by atoms with van der Waals surface area (Å²) < 4.78 is 29.7. The summed E-state index contributed by atoms with van der Waals surface area (Å²) in [5.41, 5.74) is 0. The Hall–Kier alpha value is -0.170. The summed E-state index contributed by atoms with van der Waals surface area (Å²) in [6.45, 7) is 2.64. The van der Waals surface area contributed by atoms with Crippen LogP contribution in [-0.2, 0) is 14.6 Å². The second kappa shape index (κ2) is 5.47. The van der Waals surface area contributed by atoms with Crippen LogP contribution in [0.1, 0.15) is 12.8 Å². The third kappa shape index (κ3) is 7.93. The first-order chi connectivity index (χ1) is 5.45. The van der Waals surface area contributed by atoms with Gasteiger partial charge in [0.2, 0.25) is 0 Å². The molecule has 12 heavy (non-hydrogen) atoms. The van der Waals surface area contributed by atoms with Crippen molar-refractivity contribution in [1.29, 1.82) is 0 Å². The molecule has 5 nitrogen and oxygen atoms in total. The molecule has 1 saturated heterocycles. The van der Waals surface area contributed by atoms with Gasteiger partial charge in [-0.25, -0.2) is 0 Å². The topological polar surface area (TPSA) is 66.8 Å². The van der Waals surface area contributed by atoms with Gasteiger partial charge >= 0.3 is 10.4 Å². The van der Waals surface area contributed by atoms with Gasteiger partial charge in [0.25, 0.3) is 0 Å². The van der Waals surface area contributed by atoms with Crippen molar-refractivity contribution in [3.05, 3.63) is 0 Å². The van der Waals surface area contributed by atoms with Crippen molar-refractivity contribution in [2.75, 3.05) is 27.2 Å². The van der Waals surface area contributed by atoms with Gasteiger partial charge < -0.3 is 4.90 Å². The Morgan fingerprint density at radius 1 is 1.33 bits per heavy atom. The molecule has 0 radical (unpaired) electrons. The molecule has 0 spiro atoms. The van der Waals surface area contributed by atoms with E-state index in [2.05, 4.69) is 16.1 Å².